The lowest BCUT2D eigenvalue weighted by Gasteiger charge is -2.26. The molecule has 0 saturated heterocycles. The van der Waals surface area contributed by atoms with Crippen LogP contribution in [0.2, 0.25) is 0 Å². The third-order valence-electron chi connectivity index (χ3n) is 6.61. The number of benzene rings is 2. The Morgan fingerprint density at radius 1 is 1.05 bits per heavy atom. The predicted molar refractivity (Wildman–Crippen MR) is 144 cm³/mol. The van der Waals surface area contributed by atoms with Gasteiger partial charge in [0, 0.05) is 30.3 Å². The molecule has 8 nitrogen and oxygen atoms in total. The molecule has 37 heavy (non-hydrogen) atoms. The first-order chi connectivity index (χ1) is 17.9. The Morgan fingerprint density at radius 2 is 1.76 bits per heavy atom. The molecular weight excluding hydrogens is 468 g/mol. The number of hydrogen-bond donors (Lipinski definition) is 1. The number of rotatable bonds is 10. The maximum absolute atomic E-state index is 13.3. The molecule has 1 aromatic heterocycles. The van der Waals surface area contributed by atoms with E-state index in [2.05, 4.69) is 19.2 Å². The van der Waals surface area contributed by atoms with Gasteiger partial charge in [-0.3, -0.25) is 19.5 Å². The van der Waals surface area contributed by atoms with E-state index < -0.39 is 0 Å². The molecule has 196 valence electrons. The summed E-state index contributed by atoms with van der Waals surface area (Å²) in [7, 11) is 3.17. The van der Waals surface area contributed by atoms with Crippen LogP contribution in [-0.2, 0) is 9.59 Å². The van der Waals surface area contributed by atoms with Crippen molar-refractivity contribution < 1.29 is 19.1 Å². The zero-order valence-corrected chi connectivity index (χ0v) is 22.1. The number of nitrogens with one attached hydrogen (secondary N) is 1. The highest BCUT2D eigenvalue weighted by Gasteiger charge is 2.29. The summed E-state index contributed by atoms with van der Waals surface area (Å²) in [6.07, 6.45) is 5.83. The van der Waals surface area contributed by atoms with E-state index in [0.29, 0.717) is 29.7 Å². The quantitative estimate of drug-likeness (QED) is 0.412. The summed E-state index contributed by atoms with van der Waals surface area (Å²) < 4.78 is 12.7. The lowest BCUT2D eigenvalue weighted by atomic mass is 10.1. The van der Waals surface area contributed by atoms with Crippen LogP contribution in [0.3, 0.4) is 0 Å². The van der Waals surface area contributed by atoms with Crippen molar-refractivity contribution in [3.63, 3.8) is 0 Å². The largest absolute Gasteiger partial charge is 0.493 e. The molecule has 0 aliphatic heterocycles. The van der Waals surface area contributed by atoms with Crippen LogP contribution in [-0.4, -0.2) is 53.6 Å². The Balaban J connectivity index is 1.63. The fourth-order valence-corrected chi connectivity index (χ4v) is 4.83. The third-order valence-corrected chi connectivity index (χ3v) is 6.61. The van der Waals surface area contributed by atoms with Crippen molar-refractivity contribution in [1.82, 2.24) is 14.5 Å². The first-order valence-corrected chi connectivity index (χ1v) is 12.9. The average Bonchev–Trinajstić information content (AvgIpc) is 3.58. The van der Waals surface area contributed by atoms with Crippen LogP contribution >= 0.6 is 0 Å². The van der Waals surface area contributed by atoms with Gasteiger partial charge in [-0.2, -0.15) is 0 Å². The molecule has 0 radical (unpaired) electrons. The van der Waals surface area contributed by atoms with E-state index in [9.17, 15) is 9.59 Å². The van der Waals surface area contributed by atoms with Gasteiger partial charge in [0.2, 0.25) is 17.8 Å². The van der Waals surface area contributed by atoms with Crippen LogP contribution in [0.15, 0.2) is 54.7 Å². The number of ether oxygens (including phenoxy) is 2. The van der Waals surface area contributed by atoms with E-state index in [1.165, 1.54) is 0 Å². The standard InChI is InChI=1S/C29H36N4O4/c1-20(2)17-32(28(35)22-12-8-9-13-22)19-27(34)31-29-30-24(21-10-6-5-7-11-21)18-33(29)23-14-15-25(36-3)26(16-23)37-4/h5-7,10-11,14-16,18,20,22H,8-9,12-13,17,19H2,1-4H3,(H,30,31,34). The minimum absolute atomic E-state index is 0.00697. The monoisotopic (exact) mass is 504 g/mol. The molecule has 0 unspecified atom stereocenters. The molecule has 1 aliphatic rings. The second-order valence-electron chi connectivity index (χ2n) is 9.87. The van der Waals surface area contributed by atoms with E-state index in [-0.39, 0.29) is 30.2 Å². The lowest BCUT2D eigenvalue weighted by molar-refractivity contribution is -0.138. The minimum Gasteiger partial charge on any atom is -0.493 e. The molecule has 1 aliphatic carbocycles. The molecule has 1 fully saturated rings. The molecule has 2 amide bonds. The van der Waals surface area contributed by atoms with Gasteiger partial charge in [0.05, 0.1) is 32.1 Å². The average molecular weight is 505 g/mol. The Morgan fingerprint density at radius 3 is 2.41 bits per heavy atom. The summed E-state index contributed by atoms with van der Waals surface area (Å²) in [5, 5.41) is 2.96. The van der Waals surface area contributed by atoms with Crippen LogP contribution in [0, 0.1) is 11.8 Å². The number of amides is 2. The molecule has 0 spiro atoms. The first kappa shape index (κ1) is 26.3. The number of nitrogens with zero attached hydrogens (tertiary/aromatic N) is 3. The fourth-order valence-electron chi connectivity index (χ4n) is 4.83. The number of anilines is 1. The van der Waals surface area contributed by atoms with Crippen molar-refractivity contribution in [3.8, 4) is 28.4 Å². The van der Waals surface area contributed by atoms with E-state index in [0.717, 1.165) is 36.9 Å². The number of hydrogen-bond acceptors (Lipinski definition) is 5. The lowest BCUT2D eigenvalue weighted by Crippen LogP contribution is -2.43. The minimum atomic E-state index is -0.279. The van der Waals surface area contributed by atoms with E-state index >= 15 is 0 Å². The van der Waals surface area contributed by atoms with Crippen LogP contribution < -0.4 is 14.8 Å². The van der Waals surface area contributed by atoms with E-state index in [1.54, 1.807) is 19.1 Å². The Kier molecular flexibility index (Phi) is 8.48. The van der Waals surface area contributed by atoms with Crippen molar-refractivity contribution in [2.45, 2.75) is 39.5 Å². The summed E-state index contributed by atoms with van der Waals surface area (Å²) in [6.45, 7) is 4.65. The zero-order valence-electron chi connectivity index (χ0n) is 22.1. The molecule has 2 aromatic carbocycles. The number of carbonyl (C=O) groups is 2. The molecule has 1 saturated carbocycles. The summed E-state index contributed by atoms with van der Waals surface area (Å²) >= 11 is 0. The Bertz CT molecular complexity index is 1220. The highest BCUT2D eigenvalue weighted by atomic mass is 16.5. The molecule has 8 heteroatoms. The highest BCUT2D eigenvalue weighted by Crippen LogP contribution is 2.32. The Hall–Kier alpha value is -3.81. The Labute approximate surface area is 218 Å². The number of imidazole rings is 1. The molecule has 1 N–H and O–H groups in total. The van der Waals surface area contributed by atoms with Crippen molar-refractivity contribution >= 4 is 17.8 Å². The summed E-state index contributed by atoms with van der Waals surface area (Å²) in [5.74, 6) is 1.62. The zero-order chi connectivity index (χ0) is 26.4. The maximum Gasteiger partial charge on any atom is 0.246 e. The smallest absolute Gasteiger partial charge is 0.246 e. The highest BCUT2D eigenvalue weighted by molar-refractivity contribution is 5.94. The van der Waals surface area contributed by atoms with Gasteiger partial charge in [0.1, 0.15) is 0 Å². The number of methoxy groups -OCH3 is 2. The van der Waals surface area contributed by atoms with Crippen LogP contribution in [0.1, 0.15) is 39.5 Å². The molecule has 4 rings (SSSR count). The first-order valence-electron chi connectivity index (χ1n) is 12.9. The molecular formula is C29H36N4O4. The van der Waals surface area contributed by atoms with Gasteiger partial charge in [0.15, 0.2) is 11.5 Å². The van der Waals surface area contributed by atoms with Crippen molar-refractivity contribution in [1.29, 1.82) is 0 Å². The van der Waals surface area contributed by atoms with Gasteiger partial charge >= 0.3 is 0 Å². The SMILES string of the molecule is COc1ccc(-n2cc(-c3ccccc3)nc2NC(=O)CN(CC(C)C)C(=O)C2CCCC2)cc1OC. The van der Waals surface area contributed by atoms with Crippen LogP contribution in [0.25, 0.3) is 16.9 Å². The van der Waals surface area contributed by atoms with Crippen molar-refractivity contribution in [3.05, 3.63) is 54.7 Å². The van der Waals surface area contributed by atoms with Gasteiger partial charge in [-0.25, -0.2) is 4.98 Å². The van der Waals surface area contributed by atoms with Crippen LogP contribution in [0.4, 0.5) is 5.95 Å². The fraction of sp³-hybridized carbons (Fsp3) is 0.414. The van der Waals surface area contributed by atoms with Gasteiger partial charge in [-0.1, -0.05) is 57.0 Å². The van der Waals surface area contributed by atoms with Crippen LogP contribution in [0.5, 0.6) is 11.5 Å². The topological polar surface area (TPSA) is 85.7 Å². The predicted octanol–water partition coefficient (Wildman–Crippen LogP) is 5.17. The normalized spacial score (nSPS) is 13.5. The molecule has 0 atom stereocenters. The molecule has 3 aromatic rings. The molecule has 1 heterocycles. The van der Waals surface area contributed by atoms with Crippen molar-refractivity contribution in [2.24, 2.45) is 11.8 Å². The van der Waals surface area contributed by atoms with Crippen molar-refractivity contribution in [2.75, 3.05) is 32.6 Å². The summed E-state index contributed by atoms with van der Waals surface area (Å²) in [5.41, 5.74) is 2.39. The molecule has 0 bridgehead atoms. The second kappa shape index (κ2) is 12.0. The second-order valence-corrected chi connectivity index (χ2v) is 9.87. The van der Waals surface area contributed by atoms with Gasteiger partial charge < -0.3 is 14.4 Å². The van der Waals surface area contributed by atoms with Gasteiger partial charge in [-0.15, -0.1) is 0 Å². The number of aromatic nitrogens is 2. The van der Waals surface area contributed by atoms with E-state index in [1.807, 2.05) is 59.3 Å². The maximum atomic E-state index is 13.3. The number of carbonyl (C=O) groups excluding carboxylic acids is 2. The third kappa shape index (κ3) is 6.31. The summed E-state index contributed by atoms with van der Waals surface area (Å²) in [4.78, 5) is 32.9. The van der Waals surface area contributed by atoms with Gasteiger partial charge in [0.25, 0.3) is 0 Å². The van der Waals surface area contributed by atoms with Gasteiger partial charge in [-0.05, 0) is 30.9 Å². The van der Waals surface area contributed by atoms with E-state index in [4.69, 9.17) is 14.5 Å². The summed E-state index contributed by atoms with van der Waals surface area (Å²) in [6, 6.07) is 15.3.